The van der Waals surface area contributed by atoms with Crippen LogP contribution in [-0.2, 0) is 10.0 Å². The molecule has 0 radical (unpaired) electrons. The molecule has 1 aromatic carbocycles. The maximum absolute atomic E-state index is 13.0. The Hall–Kier alpha value is -2.49. The van der Waals surface area contributed by atoms with E-state index in [1.165, 1.54) is 21.7 Å². The minimum Gasteiger partial charge on any atom is -0.336 e. The second kappa shape index (κ2) is 6.91. The first-order valence-electron chi connectivity index (χ1n) is 8.42. The van der Waals surface area contributed by atoms with Crippen molar-refractivity contribution < 1.29 is 13.2 Å². The number of rotatable bonds is 3. The number of hydrogen-bond donors (Lipinski definition) is 1. The number of thiophene rings is 1. The largest absolute Gasteiger partial charge is 0.336 e. The Morgan fingerprint density at radius 2 is 1.78 bits per heavy atom. The quantitative estimate of drug-likeness (QED) is 0.721. The molecule has 1 aliphatic rings. The molecule has 0 bridgehead atoms. The van der Waals surface area contributed by atoms with E-state index in [4.69, 9.17) is 0 Å². The molecule has 1 amide bonds. The SMILES string of the molecule is O=C(c1cc(=O)[nH]c2ccccc12)N1CCN(S(=O)(=O)c2cccs2)CC1. The Labute approximate surface area is 159 Å². The molecule has 0 aliphatic carbocycles. The first-order valence-corrected chi connectivity index (χ1v) is 10.7. The molecule has 27 heavy (non-hydrogen) atoms. The Balaban J connectivity index is 1.56. The van der Waals surface area contributed by atoms with Gasteiger partial charge >= 0.3 is 0 Å². The predicted molar refractivity (Wildman–Crippen MR) is 104 cm³/mol. The summed E-state index contributed by atoms with van der Waals surface area (Å²) in [7, 11) is -3.51. The average Bonchev–Trinajstić information content (AvgIpc) is 3.22. The summed E-state index contributed by atoms with van der Waals surface area (Å²) >= 11 is 1.18. The molecule has 0 unspecified atom stereocenters. The van der Waals surface area contributed by atoms with Gasteiger partial charge in [0.2, 0.25) is 5.56 Å². The monoisotopic (exact) mass is 403 g/mol. The van der Waals surface area contributed by atoms with Gasteiger partial charge in [-0.2, -0.15) is 4.31 Å². The molecular formula is C18H17N3O4S2. The molecule has 1 fully saturated rings. The Bertz CT molecular complexity index is 1140. The Morgan fingerprint density at radius 1 is 1.04 bits per heavy atom. The molecule has 4 rings (SSSR count). The maximum Gasteiger partial charge on any atom is 0.254 e. The van der Waals surface area contributed by atoms with Crippen LogP contribution in [0.25, 0.3) is 10.9 Å². The molecule has 140 valence electrons. The van der Waals surface area contributed by atoms with E-state index in [2.05, 4.69) is 4.98 Å². The van der Waals surface area contributed by atoms with Crippen molar-refractivity contribution in [3.8, 4) is 0 Å². The van der Waals surface area contributed by atoms with Crippen molar-refractivity contribution >= 4 is 38.2 Å². The van der Waals surface area contributed by atoms with Gasteiger partial charge in [-0.05, 0) is 17.5 Å². The van der Waals surface area contributed by atoms with Gasteiger partial charge in [0, 0.05) is 43.1 Å². The number of carbonyl (C=O) groups excluding carboxylic acids is 1. The number of pyridine rings is 1. The van der Waals surface area contributed by atoms with Gasteiger partial charge in [0.05, 0.1) is 5.56 Å². The number of amides is 1. The van der Waals surface area contributed by atoms with Gasteiger partial charge < -0.3 is 9.88 Å². The van der Waals surface area contributed by atoms with Crippen LogP contribution in [0.1, 0.15) is 10.4 Å². The van der Waals surface area contributed by atoms with Gasteiger partial charge in [-0.1, -0.05) is 24.3 Å². The molecule has 0 atom stereocenters. The number of nitrogens with zero attached hydrogens (tertiary/aromatic N) is 2. The highest BCUT2D eigenvalue weighted by Gasteiger charge is 2.31. The van der Waals surface area contributed by atoms with E-state index >= 15 is 0 Å². The maximum atomic E-state index is 13.0. The molecule has 2 aromatic heterocycles. The van der Waals surface area contributed by atoms with Crippen molar-refractivity contribution in [3.05, 3.63) is 63.8 Å². The normalized spacial score (nSPS) is 15.9. The molecule has 1 aliphatic heterocycles. The molecule has 7 nitrogen and oxygen atoms in total. The van der Waals surface area contributed by atoms with Crippen LogP contribution < -0.4 is 5.56 Å². The predicted octanol–water partition coefficient (Wildman–Crippen LogP) is 1.74. The van der Waals surface area contributed by atoms with Gasteiger partial charge in [0.1, 0.15) is 4.21 Å². The third-order valence-corrected chi connectivity index (χ3v) is 7.87. The zero-order valence-corrected chi connectivity index (χ0v) is 15.9. The third kappa shape index (κ3) is 3.29. The van der Waals surface area contributed by atoms with Gasteiger partial charge in [-0.25, -0.2) is 8.42 Å². The summed E-state index contributed by atoms with van der Waals surface area (Å²) in [5.41, 5.74) is 0.604. The van der Waals surface area contributed by atoms with E-state index < -0.39 is 10.0 Å². The lowest BCUT2D eigenvalue weighted by Gasteiger charge is -2.33. The summed E-state index contributed by atoms with van der Waals surface area (Å²) in [5.74, 6) is -0.259. The first kappa shape index (κ1) is 17.9. The summed E-state index contributed by atoms with van der Waals surface area (Å²) in [6.45, 7) is 1.02. The van der Waals surface area contributed by atoms with Crippen molar-refractivity contribution in [1.82, 2.24) is 14.2 Å². The van der Waals surface area contributed by atoms with Crippen LogP contribution >= 0.6 is 11.3 Å². The van der Waals surface area contributed by atoms with Crippen LogP contribution in [-0.4, -0.2) is 54.7 Å². The zero-order chi connectivity index (χ0) is 19.0. The third-order valence-electron chi connectivity index (χ3n) is 4.60. The van der Waals surface area contributed by atoms with Crippen molar-refractivity contribution in [2.24, 2.45) is 0 Å². The van der Waals surface area contributed by atoms with Crippen LogP contribution in [0.4, 0.5) is 0 Å². The lowest BCUT2D eigenvalue weighted by atomic mass is 10.1. The van der Waals surface area contributed by atoms with Crippen LogP contribution in [0, 0.1) is 0 Å². The standard InChI is InChI=1S/C18H17N3O4S2/c22-16-12-14(13-4-1-2-5-15(13)19-16)18(23)20-7-9-21(10-8-20)27(24,25)17-6-3-11-26-17/h1-6,11-12H,7-10H2,(H,19,22). The minimum atomic E-state index is -3.51. The topological polar surface area (TPSA) is 90.6 Å². The van der Waals surface area contributed by atoms with Crippen LogP contribution in [0.3, 0.4) is 0 Å². The summed E-state index contributed by atoms with van der Waals surface area (Å²) in [5, 5.41) is 2.40. The highest BCUT2D eigenvalue weighted by atomic mass is 32.2. The number of aromatic nitrogens is 1. The molecule has 3 aromatic rings. The van der Waals surface area contributed by atoms with E-state index in [1.807, 2.05) is 6.07 Å². The number of hydrogen-bond acceptors (Lipinski definition) is 5. The molecule has 0 spiro atoms. The van der Waals surface area contributed by atoms with Gasteiger partial charge in [-0.3, -0.25) is 9.59 Å². The second-order valence-electron chi connectivity index (χ2n) is 6.22. The van der Waals surface area contributed by atoms with E-state index in [-0.39, 0.29) is 37.6 Å². The highest BCUT2D eigenvalue weighted by molar-refractivity contribution is 7.91. The van der Waals surface area contributed by atoms with Crippen LogP contribution in [0.2, 0.25) is 0 Å². The fraction of sp³-hybridized carbons (Fsp3) is 0.222. The Morgan fingerprint density at radius 3 is 2.48 bits per heavy atom. The number of H-pyrrole nitrogens is 1. The molecule has 1 saturated heterocycles. The second-order valence-corrected chi connectivity index (χ2v) is 9.33. The van der Waals surface area contributed by atoms with Crippen LogP contribution in [0.5, 0.6) is 0 Å². The molecular weight excluding hydrogens is 386 g/mol. The number of aromatic amines is 1. The summed E-state index contributed by atoms with van der Waals surface area (Å²) in [4.78, 5) is 29.2. The molecule has 0 saturated carbocycles. The van der Waals surface area contributed by atoms with E-state index in [0.717, 1.165) is 0 Å². The summed E-state index contributed by atoms with van der Waals surface area (Å²) in [6.07, 6.45) is 0. The van der Waals surface area contributed by atoms with Crippen molar-refractivity contribution in [3.63, 3.8) is 0 Å². The molecule has 1 N–H and O–H groups in total. The number of carbonyl (C=O) groups is 1. The van der Waals surface area contributed by atoms with Crippen molar-refractivity contribution in [2.45, 2.75) is 4.21 Å². The smallest absolute Gasteiger partial charge is 0.254 e. The van der Waals surface area contributed by atoms with E-state index in [0.29, 0.717) is 20.7 Å². The number of piperazine rings is 1. The van der Waals surface area contributed by atoms with E-state index in [9.17, 15) is 18.0 Å². The fourth-order valence-electron chi connectivity index (χ4n) is 3.22. The van der Waals surface area contributed by atoms with Gasteiger partial charge in [0.25, 0.3) is 15.9 Å². The minimum absolute atomic E-state index is 0.229. The lowest BCUT2D eigenvalue weighted by Crippen LogP contribution is -2.50. The number of nitrogens with one attached hydrogen (secondary N) is 1. The first-order chi connectivity index (χ1) is 13.0. The number of sulfonamides is 1. The van der Waals surface area contributed by atoms with Crippen molar-refractivity contribution in [1.29, 1.82) is 0 Å². The lowest BCUT2D eigenvalue weighted by molar-refractivity contribution is 0.0700. The zero-order valence-electron chi connectivity index (χ0n) is 14.3. The number of fused-ring (bicyclic) bond motifs is 1. The Kier molecular flexibility index (Phi) is 4.58. The van der Waals surface area contributed by atoms with Crippen LogP contribution in [0.15, 0.2) is 56.8 Å². The van der Waals surface area contributed by atoms with Gasteiger partial charge in [0.15, 0.2) is 0 Å². The average molecular weight is 403 g/mol. The van der Waals surface area contributed by atoms with E-state index in [1.54, 1.807) is 40.6 Å². The molecule has 3 heterocycles. The summed E-state index contributed by atoms with van der Waals surface area (Å²) < 4.78 is 26.9. The fourth-order valence-corrected chi connectivity index (χ4v) is 5.79. The number of benzene rings is 1. The number of para-hydroxylation sites is 1. The van der Waals surface area contributed by atoms with Crippen molar-refractivity contribution in [2.75, 3.05) is 26.2 Å². The van der Waals surface area contributed by atoms with Gasteiger partial charge in [-0.15, -0.1) is 11.3 Å². The summed E-state index contributed by atoms with van der Waals surface area (Å²) in [6, 6.07) is 11.7. The highest BCUT2D eigenvalue weighted by Crippen LogP contribution is 2.23. The molecule has 9 heteroatoms.